The van der Waals surface area contributed by atoms with E-state index >= 15 is 0 Å². The van der Waals surface area contributed by atoms with Gasteiger partial charge in [-0.05, 0) is 36.5 Å². The molecule has 1 aromatic carbocycles. The minimum atomic E-state index is -0.679. The van der Waals surface area contributed by atoms with E-state index in [1.165, 1.54) is 25.7 Å². The lowest BCUT2D eigenvalue weighted by Gasteiger charge is -2.15. The monoisotopic (exact) mass is 264 g/mol. The van der Waals surface area contributed by atoms with E-state index in [0.717, 1.165) is 17.2 Å². The van der Waals surface area contributed by atoms with Gasteiger partial charge in [-0.1, -0.05) is 43.2 Å². The highest BCUT2D eigenvalue weighted by Crippen LogP contribution is 2.30. The van der Waals surface area contributed by atoms with Crippen LogP contribution < -0.4 is 0 Å². The summed E-state index contributed by atoms with van der Waals surface area (Å²) in [4.78, 5) is 11.3. The van der Waals surface area contributed by atoms with Crippen LogP contribution in [0.1, 0.15) is 31.2 Å². The van der Waals surface area contributed by atoms with Crippen LogP contribution >= 0.6 is 11.8 Å². The summed E-state index contributed by atoms with van der Waals surface area (Å²) in [5.41, 5.74) is 1.11. The topological polar surface area (TPSA) is 37.3 Å². The predicted octanol–water partition coefficient (Wildman–Crippen LogP) is 3.61. The third-order valence-electron chi connectivity index (χ3n) is 3.55. The lowest BCUT2D eigenvalue weighted by molar-refractivity contribution is -0.136. The van der Waals surface area contributed by atoms with Crippen molar-refractivity contribution in [2.45, 2.75) is 37.4 Å². The van der Waals surface area contributed by atoms with E-state index in [4.69, 9.17) is 0 Å². The Labute approximate surface area is 113 Å². The van der Waals surface area contributed by atoms with Gasteiger partial charge >= 0.3 is 5.97 Å². The molecule has 0 bridgehead atoms. The van der Waals surface area contributed by atoms with Crippen molar-refractivity contribution < 1.29 is 9.90 Å². The van der Waals surface area contributed by atoms with Crippen molar-refractivity contribution in [3.05, 3.63) is 35.9 Å². The lowest BCUT2D eigenvalue weighted by atomic mass is 10.1. The van der Waals surface area contributed by atoms with E-state index in [0.29, 0.717) is 6.42 Å². The van der Waals surface area contributed by atoms with E-state index in [1.807, 2.05) is 30.3 Å². The van der Waals surface area contributed by atoms with Gasteiger partial charge in [0, 0.05) is 0 Å². The second kappa shape index (κ2) is 6.83. The number of carboxylic acid groups (broad SMARTS) is 1. The van der Waals surface area contributed by atoms with Crippen molar-refractivity contribution in [3.8, 4) is 0 Å². The highest BCUT2D eigenvalue weighted by molar-refractivity contribution is 8.00. The van der Waals surface area contributed by atoms with Crippen LogP contribution in [-0.4, -0.2) is 22.1 Å². The summed E-state index contributed by atoms with van der Waals surface area (Å²) in [6, 6.07) is 9.91. The van der Waals surface area contributed by atoms with Crippen LogP contribution in [0.15, 0.2) is 30.3 Å². The normalized spacial score (nSPS) is 17.8. The Balaban J connectivity index is 1.85. The third-order valence-corrected chi connectivity index (χ3v) is 4.98. The fourth-order valence-electron chi connectivity index (χ4n) is 2.47. The maximum absolute atomic E-state index is 11.3. The fraction of sp³-hybridized carbons (Fsp3) is 0.533. The second-order valence-electron chi connectivity index (χ2n) is 5.00. The smallest absolute Gasteiger partial charge is 0.316 e. The van der Waals surface area contributed by atoms with Crippen LogP contribution in [0, 0.1) is 5.92 Å². The average Bonchev–Trinajstić information content (AvgIpc) is 2.88. The Morgan fingerprint density at radius 1 is 1.28 bits per heavy atom. The van der Waals surface area contributed by atoms with Gasteiger partial charge in [-0.15, -0.1) is 11.8 Å². The van der Waals surface area contributed by atoms with Crippen molar-refractivity contribution in [1.29, 1.82) is 0 Å². The molecule has 1 unspecified atom stereocenters. The minimum absolute atomic E-state index is 0.298. The summed E-state index contributed by atoms with van der Waals surface area (Å²) in [5, 5.41) is 8.99. The Morgan fingerprint density at radius 2 is 1.94 bits per heavy atom. The zero-order chi connectivity index (χ0) is 12.8. The fourth-order valence-corrected chi connectivity index (χ4v) is 3.77. The number of aliphatic carboxylic acids is 1. The number of thioether (sulfide) groups is 1. The predicted molar refractivity (Wildman–Crippen MR) is 76.0 cm³/mol. The van der Waals surface area contributed by atoms with Gasteiger partial charge in [0.25, 0.3) is 0 Å². The maximum Gasteiger partial charge on any atom is 0.316 e. The summed E-state index contributed by atoms with van der Waals surface area (Å²) in [7, 11) is 0. The van der Waals surface area contributed by atoms with Crippen molar-refractivity contribution in [2.24, 2.45) is 5.92 Å². The molecule has 3 heteroatoms. The quantitative estimate of drug-likeness (QED) is 0.853. The molecule has 98 valence electrons. The molecule has 1 aliphatic rings. The molecule has 1 aliphatic carbocycles. The second-order valence-corrected chi connectivity index (χ2v) is 6.24. The van der Waals surface area contributed by atoms with Gasteiger partial charge in [0.1, 0.15) is 5.25 Å². The Hall–Kier alpha value is -0.960. The molecule has 2 rings (SSSR count). The molecule has 0 radical (unpaired) electrons. The van der Waals surface area contributed by atoms with Crippen molar-refractivity contribution in [2.75, 3.05) is 5.75 Å². The minimum Gasteiger partial charge on any atom is -0.480 e. The molecule has 18 heavy (non-hydrogen) atoms. The first kappa shape index (κ1) is 13.5. The van der Waals surface area contributed by atoms with Gasteiger partial charge in [0.05, 0.1) is 0 Å². The van der Waals surface area contributed by atoms with Crippen molar-refractivity contribution in [1.82, 2.24) is 0 Å². The van der Waals surface area contributed by atoms with E-state index in [2.05, 4.69) is 0 Å². The first-order valence-electron chi connectivity index (χ1n) is 6.64. The molecular formula is C15H20O2S. The van der Waals surface area contributed by atoms with E-state index in [9.17, 15) is 9.90 Å². The molecule has 1 saturated carbocycles. The highest BCUT2D eigenvalue weighted by Gasteiger charge is 2.22. The first-order valence-corrected chi connectivity index (χ1v) is 7.69. The van der Waals surface area contributed by atoms with Crippen molar-refractivity contribution >= 4 is 17.7 Å². The van der Waals surface area contributed by atoms with Gasteiger partial charge in [-0.3, -0.25) is 4.79 Å². The molecule has 2 nitrogen and oxygen atoms in total. The number of hydrogen-bond acceptors (Lipinski definition) is 2. The molecule has 0 aliphatic heterocycles. The summed E-state index contributed by atoms with van der Waals surface area (Å²) >= 11 is 1.62. The molecule has 1 N–H and O–H groups in total. The number of hydrogen-bond donors (Lipinski definition) is 1. The van der Waals surface area contributed by atoms with E-state index in [-0.39, 0.29) is 5.25 Å². The van der Waals surface area contributed by atoms with Crippen LogP contribution in [0.25, 0.3) is 0 Å². The summed E-state index contributed by atoms with van der Waals surface area (Å²) in [6.07, 6.45) is 5.84. The highest BCUT2D eigenvalue weighted by atomic mass is 32.2. The van der Waals surface area contributed by atoms with Crippen LogP contribution in [0.4, 0.5) is 0 Å². The number of benzene rings is 1. The first-order chi connectivity index (χ1) is 8.75. The van der Waals surface area contributed by atoms with Crippen LogP contribution in [-0.2, 0) is 11.2 Å². The average molecular weight is 264 g/mol. The molecule has 0 amide bonds. The van der Waals surface area contributed by atoms with Gasteiger partial charge in [0.15, 0.2) is 0 Å². The Bertz CT molecular complexity index is 371. The Morgan fingerprint density at radius 3 is 2.56 bits per heavy atom. The zero-order valence-corrected chi connectivity index (χ0v) is 11.4. The standard InChI is InChI=1S/C15H20O2S/c16-15(17)14(10-12-6-2-1-3-7-12)18-11-13-8-4-5-9-13/h1-3,6-7,13-14H,4-5,8-11H2,(H,16,17). The Kier molecular flexibility index (Phi) is 5.12. The van der Waals surface area contributed by atoms with Crippen molar-refractivity contribution in [3.63, 3.8) is 0 Å². The van der Waals surface area contributed by atoms with Gasteiger partial charge < -0.3 is 5.11 Å². The summed E-state index contributed by atoms with van der Waals surface area (Å²) < 4.78 is 0. The molecule has 0 aromatic heterocycles. The molecule has 0 heterocycles. The lowest BCUT2D eigenvalue weighted by Crippen LogP contribution is -2.20. The largest absolute Gasteiger partial charge is 0.480 e. The SMILES string of the molecule is O=C(O)C(Cc1ccccc1)SCC1CCCC1. The zero-order valence-electron chi connectivity index (χ0n) is 10.5. The summed E-state index contributed by atoms with van der Waals surface area (Å²) in [5.74, 6) is 1.07. The van der Waals surface area contributed by atoms with Gasteiger partial charge in [-0.25, -0.2) is 0 Å². The third kappa shape index (κ3) is 4.05. The summed E-state index contributed by atoms with van der Waals surface area (Å²) in [6.45, 7) is 0. The molecular weight excluding hydrogens is 244 g/mol. The van der Waals surface area contributed by atoms with E-state index < -0.39 is 5.97 Å². The number of carbonyl (C=O) groups is 1. The van der Waals surface area contributed by atoms with Crippen LogP contribution in [0.5, 0.6) is 0 Å². The molecule has 1 fully saturated rings. The number of carboxylic acids is 1. The molecule has 0 spiro atoms. The number of rotatable bonds is 6. The van der Waals surface area contributed by atoms with Crippen LogP contribution in [0.3, 0.4) is 0 Å². The maximum atomic E-state index is 11.3. The molecule has 0 saturated heterocycles. The van der Waals surface area contributed by atoms with E-state index in [1.54, 1.807) is 11.8 Å². The van der Waals surface area contributed by atoms with Gasteiger partial charge in [0.2, 0.25) is 0 Å². The van der Waals surface area contributed by atoms with Gasteiger partial charge in [-0.2, -0.15) is 0 Å². The van der Waals surface area contributed by atoms with Crippen LogP contribution in [0.2, 0.25) is 0 Å². The molecule has 1 aromatic rings. The molecule has 1 atom stereocenters.